The van der Waals surface area contributed by atoms with E-state index in [0.29, 0.717) is 23.2 Å². The zero-order chi connectivity index (χ0) is 17.2. The van der Waals surface area contributed by atoms with Crippen LogP contribution in [0, 0.1) is 0 Å². The molecular weight excluding hydrogens is 314 g/mol. The zero-order valence-corrected chi connectivity index (χ0v) is 14.2. The molecule has 1 aromatic heterocycles. The van der Waals surface area contributed by atoms with Gasteiger partial charge in [0.2, 0.25) is 5.95 Å². The monoisotopic (exact) mass is 335 g/mol. The molecule has 0 amide bonds. The van der Waals surface area contributed by atoms with E-state index in [4.69, 9.17) is 0 Å². The molecule has 2 aromatic carbocycles. The summed E-state index contributed by atoms with van der Waals surface area (Å²) in [5.74, 6) is 0.810. The maximum atomic E-state index is 10.3. The summed E-state index contributed by atoms with van der Waals surface area (Å²) in [4.78, 5) is 6.57. The van der Waals surface area contributed by atoms with Gasteiger partial charge in [0.05, 0.1) is 6.20 Å². The summed E-state index contributed by atoms with van der Waals surface area (Å²) >= 11 is 0. The molecule has 0 atom stereocenters. The molecule has 4 rings (SSSR count). The third kappa shape index (κ3) is 3.13. The number of anilines is 1. The van der Waals surface area contributed by atoms with Gasteiger partial charge in [0, 0.05) is 18.7 Å². The van der Waals surface area contributed by atoms with Crippen LogP contribution in [0.1, 0.15) is 12.8 Å². The summed E-state index contributed by atoms with van der Waals surface area (Å²) < 4.78 is 0. The predicted octanol–water partition coefficient (Wildman–Crippen LogP) is 2.59. The third-order valence-electron chi connectivity index (χ3n) is 4.86. The van der Waals surface area contributed by atoms with Crippen molar-refractivity contribution < 1.29 is 5.11 Å². The molecule has 25 heavy (non-hydrogen) atoms. The Balaban J connectivity index is 1.62. The minimum Gasteiger partial charge on any atom is -0.507 e. The van der Waals surface area contributed by atoms with Crippen molar-refractivity contribution in [1.29, 1.82) is 0 Å². The molecule has 1 fully saturated rings. The van der Waals surface area contributed by atoms with Gasteiger partial charge in [-0.15, -0.1) is 10.2 Å². The van der Waals surface area contributed by atoms with Gasteiger partial charge in [-0.1, -0.05) is 24.3 Å². The van der Waals surface area contributed by atoms with Crippen LogP contribution >= 0.6 is 0 Å². The number of piperidine rings is 1. The minimum absolute atomic E-state index is 0.189. The Kier molecular flexibility index (Phi) is 4.19. The average Bonchev–Trinajstić information content (AvgIpc) is 2.68. The van der Waals surface area contributed by atoms with E-state index in [-0.39, 0.29) is 5.75 Å². The van der Waals surface area contributed by atoms with E-state index in [1.165, 1.54) is 0 Å². The Labute approximate surface area is 146 Å². The van der Waals surface area contributed by atoms with Crippen molar-refractivity contribution in [3.05, 3.63) is 42.6 Å². The Bertz CT molecular complexity index is 875. The standard InChI is InChI=1S/C19H21N5O/c1-24(15-6-8-20-9-7-15)19-21-12-17(22-23-19)16-10-13-4-2-3-5-14(13)11-18(16)25/h2-5,10-12,15,20,25H,6-9H2,1H3. The highest BCUT2D eigenvalue weighted by atomic mass is 16.3. The fourth-order valence-electron chi connectivity index (χ4n) is 3.34. The van der Waals surface area contributed by atoms with Gasteiger partial charge < -0.3 is 15.3 Å². The number of aromatic hydroxyl groups is 1. The van der Waals surface area contributed by atoms with Crippen LogP contribution in [0.15, 0.2) is 42.6 Å². The first-order valence-electron chi connectivity index (χ1n) is 8.58. The summed E-state index contributed by atoms with van der Waals surface area (Å²) in [7, 11) is 2.01. The molecule has 0 spiro atoms. The van der Waals surface area contributed by atoms with Crippen molar-refractivity contribution in [3.63, 3.8) is 0 Å². The smallest absolute Gasteiger partial charge is 0.245 e. The zero-order valence-electron chi connectivity index (χ0n) is 14.2. The SMILES string of the molecule is CN(c1ncc(-c2cc3ccccc3cc2O)nn1)C1CCNCC1. The van der Waals surface area contributed by atoms with Gasteiger partial charge in [-0.05, 0) is 48.8 Å². The molecule has 0 unspecified atom stereocenters. The Morgan fingerprint density at radius 3 is 2.48 bits per heavy atom. The lowest BCUT2D eigenvalue weighted by Gasteiger charge is -2.31. The number of nitrogens with zero attached hydrogens (tertiary/aromatic N) is 4. The maximum Gasteiger partial charge on any atom is 0.245 e. The van der Waals surface area contributed by atoms with E-state index in [1.54, 1.807) is 12.3 Å². The van der Waals surface area contributed by atoms with Crippen molar-refractivity contribution in [3.8, 4) is 17.0 Å². The predicted molar refractivity (Wildman–Crippen MR) is 98.7 cm³/mol. The lowest BCUT2D eigenvalue weighted by Crippen LogP contribution is -2.41. The molecule has 6 heteroatoms. The number of benzene rings is 2. The fraction of sp³-hybridized carbons (Fsp3) is 0.316. The quantitative estimate of drug-likeness (QED) is 0.766. The Morgan fingerprint density at radius 2 is 1.80 bits per heavy atom. The maximum absolute atomic E-state index is 10.3. The molecular formula is C19H21N5O. The topological polar surface area (TPSA) is 74.2 Å². The molecule has 6 nitrogen and oxygen atoms in total. The molecule has 0 radical (unpaired) electrons. The number of aromatic nitrogens is 3. The van der Waals surface area contributed by atoms with Crippen LogP contribution in [-0.2, 0) is 0 Å². The number of nitrogens with one attached hydrogen (secondary N) is 1. The molecule has 0 saturated carbocycles. The van der Waals surface area contributed by atoms with Gasteiger partial charge in [0.1, 0.15) is 11.4 Å². The van der Waals surface area contributed by atoms with Gasteiger partial charge in [0.15, 0.2) is 0 Å². The second-order valence-electron chi connectivity index (χ2n) is 6.45. The van der Waals surface area contributed by atoms with Crippen LogP contribution in [0.4, 0.5) is 5.95 Å². The largest absolute Gasteiger partial charge is 0.507 e. The number of phenols is 1. The van der Waals surface area contributed by atoms with Crippen molar-refractivity contribution in [2.45, 2.75) is 18.9 Å². The molecule has 2 heterocycles. The lowest BCUT2D eigenvalue weighted by molar-refractivity contribution is 0.439. The number of hydrogen-bond acceptors (Lipinski definition) is 6. The molecule has 1 aliphatic rings. The molecule has 0 bridgehead atoms. The summed E-state index contributed by atoms with van der Waals surface area (Å²) in [6.45, 7) is 2.04. The Morgan fingerprint density at radius 1 is 1.08 bits per heavy atom. The van der Waals surface area contributed by atoms with Crippen molar-refractivity contribution >= 4 is 16.7 Å². The van der Waals surface area contributed by atoms with Crippen LogP contribution in [-0.4, -0.2) is 46.5 Å². The van der Waals surface area contributed by atoms with E-state index in [9.17, 15) is 5.11 Å². The Hall–Kier alpha value is -2.73. The highest BCUT2D eigenvalue weighted by Gasteiger charge is 2.20. The molecule has 3 aromatic rings. The molecule has 2 N–H and O–H groups in total. The minimum atomic E-state index is 0.189. The van der Waals surface area contributed by atoms with E-state index in [1.807, 2.05) is 37.4 Å². The second kappa shape index (κ2) is 6.64. The van der Waals surface area contributed by atoms with Crippen molar-refractivity contribution in [2.75, 3.05) is 25.0 Å². The first-order valence-corrected chi connectivity index (χ1v) is 8.58. The molecule has 128 valence electrons. The van der Waals surface area contributed by atoms with Crippen molar-refractivity contribution in [1.82, 2.24) is 20.5 Å². The van der Waals surface area contributed by atoms with Gasteiger partial charge in [-0.25, -0.2) is 4.98 Å². The highest BCUT2D eigenvalue weighted by molar-refractivity contribution is 5.89. The number of phenolic OH excluding ortho intramolecular Hbond substituents is 1. The van der Waals surface area contributed by atoms with Gasteiger partial charge in [-0.2, -0.15) is 0 Å². The number of fused-ring (bicyclic) bond motifs is 1. The molecule has 1 aliphatic heterocycles. The summed E-state index contributed by atoms with van der Waals surface area (Å²) in [6.07, 6.45) is 3.84. The van der Waals surface area contributed by atoms with Gasteiger partial charge in [-0.3, -0.25) is 0 Å². The van der Waals surface area contributed by atoms with Gasteiger partial charge in [0.25, 0.3) is 0 Å². The van der Waals surface area contributed by atoms with Crippen LogP contribution in [0.3, 0.4) is 0 Å². The summed E-state index contributed by atoms with van der Waals surface area (Å²) in [5, 5.41) is 24.3. The van der Waals surface area contributed by atoms with Crippen LogP contribution < -0.4 is 10.2 Å². The van der Waals surface area contributed by atoms with Crippen LogP contribution in [0.25, 0.3) is 22.0 Å². The fourth-order valence-corrected chi connectivity index (χ4v) is 3.34. The van der Waals surface area contributed by atoms with Crippen molar-refractivity contribution in [2.24, 2.45) is 0 Å². The van der Waals surface area contributed by atoms with E-state index in [2.05, 4.69) is 25.4 Å². The lowest BCUT2D eigenvalue weighted by atomic mass is 10.0. The number of hydrogen-bond donors (Lipinski definition) is 2. The first-order chi connectivity index (χ1) is 12.2. The first kappa shape index (κ1) is 15.8. The van der Waals surface area contributed by atoms with E-state index >= 15 is 0 Å². The van der Waals surface area contributed by atoms with E-state index < -0.39 is 0 Å². The second-order valence-corrected chi connectivity index (χ2v) is 6.45. The van der Waals surface area contributed by atoms with E-state index in [0.717, 1.165) is 36.7 Å². The summed E-state index contributed by atoms with van der Waals surface area (Å²) in [5.41, 5.74) is 1.22. The average molecular weight is 335 g/mol. The normalized spacial score (nSPS) is 15.4. The van der Waals surface area contributed by atoms with Crippen LogP contribution in [0.2, 0.25) is 0 Å². The van der Waals surface area contributed by atoms with Crippen LogP contribution in [0.5, 0.6) is 5.75 Å². The molecule has 1 saturated heterocycles. The van der Waals surface area contributed by atoms with Gasteiger partial charge >= 0.3 is 0 Å². The summed E-state index contributed by atoms with van der Waals surface area (Å²) in [6, 6.07) is 12.0. The highest BCUT2D eigenvalue weighted by Crippen LogP contribution is 2.32. The number of rotatable bonds is 3. The molecule has 0 aliphatic carbocycles. The third-order valence-corrected chi connectivity index (χ3v) is 4.86.